The highest BCUT2D eigenvalue weighted by atomic mass is 19.4. The Balaban J connectivity index is 3.14. The van der Waals surface area contributed by atoms with Crippen molar-refractivity contribution in [1.29, 1.82) is 0 Å². The number of ether oxygens (including phenoxy) is 1. The molecule has 1 aromatic heterocycles. The summed E-state index contributed by atoms with van der Waals surface area (Å²) in [5.41, 5.74) is -2.09. The zero-order valence-electron chi connectivity index (χ0n) is 11.9. The van der Waals surface area contributed by atoms with Crippen LogP contribution in [-0.2, 0) is 11.6 Å². The highest BCUT2D eigenvalue weighted by Gasteiger charge is 2.39. The number of halogens is 3. The molecule has 0 aromatic carbocycles. The molecule has 1 heterocycles. The van der Waals surface area contributed by atoms with E-state index in [1.54, 1.807) is 0 Å². The highest BCUT2D eigenvalue weighted by Crippen LogP contribution is 2.38. The molecule has 0 amide bonds. The van der Waals surface area contributed by atoms with Crippen molar-refractivity contribution in [3.8, 4) is 5.75 Å². The van der Waals surface area contributed by atoms with Gasteiger partial charge in [-0.2, -0.15) is 13.2 Å². The molecule has 0 saturated carbocycles. The first kappa shape index (κ1) is 16.8. The predicted molar refractivity (Wildman–Crippen MR) is 69.8 cm³/mol. The number of aliphatic hydroxyl groups excluding tert-OH is 1. The number of pyridine rings is 1. The van der Waals surface area contributed by atoms with Crippen LogP contribution in [0.1, 0.15) is 44.9 Å². The van der Waals surface area contributed by atoms with Gasteiger partial charge in [-0.3, -0.25) is 4.98 Å². The summed E-state index contributed by atoms with van der Waals surface area (Å²) in [7, 11) is 0. The standard InChI is InChI=1S/C14H20F3NO2/c1-4-5-6-20-10-7-11(14(15,16)17)12(18-8-10)13(2,3)9-19/h7-8,19H,4-6,9H2,1-3H3. The second kappa shape index (κ2) is 6.43. The molecule has 114 valence electrons. The van der Waals surface area contributed by atoms with Crippen molar-refractivity contribution in [2.45, 2.75) is 45.2 Å². The lowest BCUT2D eigenvalue weighted by atomic mass is 9.86. The molecule has 3 nitrogen and oxygen atoms in total. The smallest absolute Gasteiger partial charge is 0.418 e. The summed E-state index contributed by atoms with van der Waals surface area (Å²) in [6.07, 6.45) is -1.59. The summed E-state index contributed by atoms with van der Waals surface area (Å²) < 4.78 is 44.6. The Kier molecular flexibility index (Phi) is 5.39. The van der Waals surface area contributed by atoms with Crippen LogP contribution in [0, 0.1) is 0 Å². The molecule has 0 bridgehead atoms. The van der Waals surface area contributed by atoms with E-state index in [2.05, 4.69) is 4.98 Å². The average Bonchev–Trinajstić information content (AvgIpc) is 2.38. The molecule has 0 atom stereocenters. The van der Waals surface area contributed by atoms with Crippen LogP contribution in [0.4, 0.5) is 13.2 Å². The first-order valence-electron chi connectivity index (χ1n) is 6.53. The maximum atomic E-state index is 13.1. The first-order valence-corrected chi connectivity index (χ1v) is 6.53. The van der Waals surface area contributed by atoms with Crippen molar-refractivity contribution in [2.75, 3.05) is 13.2 Å². The lowest BCUT2D eigenvalue weighted by Gasteiger charge is -2.25. The van der Waals surface area contributed by atoms with E-state index < -0.39 is 23.8 Å². The number of alkyl halides is 3. The van der Waals surface area contributed by atoms with Gasteiger partial charge in [0.1, 0.15) is 5.75 Å². The molecular formula is C14H20F3NO2. The topological polar surface area (TPSA) is 42.4 Å². The van der Waals surface area contributed by atoms with Gasteiger partial charge in [0.25, 0.3) is 0 Å². The lowest BCUT2D eigenvalue weighted by molar-refractivity contribution is -0.139. The zero-order chi connectivity index (χ0) is 15.4. The van der Waals surface area contributed by atoms with Crippen LogP contribution in [0.25, 0.3) is 0 Å². The molecule has 0 radical (unpaired) electrons. The van der Waals surface area contributed by atoms with Gasteiger partial charge in [-0.1, -0.05) is 27.2 Å². The van der Waals surface area contributed by atoms with Crippen molar-refractivity contribution < 1.29 is 23.0 Å². The summed E-state index contributed by atoms with van der Waals surface area (Å²) in [5, 5.41) is 9.24. The van der Waals surface area contributed by atoms with Crippen LogP contribution in [0.3, 0.4) is 0 Å². The Morgan fingerprint density at radius 1 is 1.30 bits per heavy atom. The van der Waals surface area contributed by atoms with Gasteiger partial charge in [0.2, 0.25) is 0 Å². The fraction of sp³-hybridized carbons (Fsp3) is 0.643. The third kappa shape index (κ3) is 4.10. The van der Waals surface area contributed by atoms with Gasteiger partial charge in [0.05, 0.1) is 30.7 Å². The molecule has 1 N–H and O–H groups in total. The number of unbranched alkanes of at least 4 members (excludes halogenated alkanes) is 1. The van der Waals surface area contributed by atoms with Crippen LogP contribution in [-0.4, -0.2) is 23.3 Å². The van der Waals surface area contributed by atoms with Gasteiger partial charge < -0.3 is 9.84 Å². The minimum Gasteiger partial charge on any atom is -0.492 e. The highest BCUT2D eigenvalue weighted by molar-refractivity contribution is 5.35. The minimum atomic E-state index is -4.53. The van der Waals surface area contributed by atoms with E-state index in [1.165, 1.54) is 20.0 Å². The Morgan fingerprint density at radius 2 is 1.95 bits per heavy atom. The Hall–Kier alpha value is -1.30. The minimum absolute atomic E-state index is 0.100. The van der Waals surface area contributed by atoms with Crippen molar-refractivity contribution in [3.05, 3.63) is 23.5 Å². The van der Waals surface area contributed by atoms with Crippen LogP contribution in [0.15, 0.2) is 12.3 Å². The predicted octanol–water partition coefficient (Wildman–Crippen LogP) is 3.55. The van der Waals surface area contributed by atoms with Gasteiger partial charge in [-0.15, -0.1) is 0 Å². The molecule has 6 heteroatoms. The third-order valence-electron chi connectivity index (χ3n) is 2.97. The molecule has 0 aliphatic carbocycles. The number of hydrogen-bond donors (Lipinski definition) is 1. The molecule has 0 unspecified atom stereocenters. The largest absolute Gasteiger partial charge is 0.492 e. The van der Waals surface area contributed by atoms with Crippen LogP contribution < -0.4 is 4.74 Å². The molecule has 1 rings (SSSR count). The summed E-state index contributed by atoms with van der Waals surface area (Å²) in [5.74, 6) is 0.100. The number of aromatic nitrogens is 1. The second-order valence-corrected chi connectivity index (χ2v) is 5.31. The molecule has 0 aliphatic rings. The van der Waals surface area contributed by atoms with Gasteiger partial charge >= 0.3 is 6.18 Å². The maximum absolute atomic E-state index is 13.1. The summed E-state index contributed by atoms with van der Waals surface area (Å²) in [4.78, 5) is 3.86. The van der Waals surface area contributed by atoms with Gasteiger partial charge in [-0.25, -0.2) is 0 Å². The van der Waals surface area contributed by atoms with E-state index in [0.29, 0.717) is 6.61 Å². The molecule has 0 aliphatic heterocycles. The first-order chi connectivity index (χ1) is 9.22. The molecule has 0 fully saturated rings. The van der Waals surface area contributed by atoms with Crippen molar-refractivity contribution >= 4 is 0 Å². The fourth-order valence-electron chi connectivity index (χ4n) is 1.69. The SMILES string of the molecule is CCCCOc1cnc(C(C)(C)CO)c(C(F)(F)F)c1. The molecule has 1 aromatic rings. The number of rotatable bonds is 6. The monoisotopic (exact) mass is 291 g/mol. The van der Waals surface area contributed by atoms with Gasteiger partial charge in [0.15, 0.2) is 0 Å². The van der Waals surface area contributed by atoms with Crippen molar-refractivity contribution in [2.24, 2.45) is 0 Å². The summed E-state index contributed by atoms with van der Waals surface area (Å²) >= 11 is 0. The lowest BCUT2D eigenvalue weighted by Crippen LogP contribution is -2.28. The Labute approximate surface area is 116 Å². The molecule has 0 saturated heterocycles. The zero-order valence-corrected chi connectivity index (χ0v) is 11.9. The van der Waals surface area contributed by atoms with Crippen LogP contribution >= 0.6 is 0 Å². The third-order valence-corrected chi connectivity index (χ3v) is 2.97. The van der Waals surface area contributed by atoms with E-state index in [-0.39, 0.29) is 11.4 Å². The van der Waals surface area contributed by atoms with Crippen molar-refractivity contribution in [3.63, 3.8) is 0 Å². The van der Waals surface area contributed by atoms with E-state index >= 15 is 0 Å². The van der Waals surface area contributed by atoms with Crippen LogP contribution in [0.5, 0.6) is 5.75 Å². The summed E-state index contributed by atoms with van der Waals surface area (Å²) in [6.45, 7) is 4.94. The summed E-state index contributed by atoms with van der Waals surface area (Å²) in [6, 6.07) is 0.954. The number of aliphatic hydroxyl groups is 1. The molecule has 0 spiro atoms. The Morgan fingerprint density at radius 3 is 2.45 bits per heavy atom. The molecular weight excluding hydrogens is 271 g/mol. The van der Waals surface area contributed by atoms with E-state index in [0.717, 1.165) is 18.9 Å². The van der Waals surface area contributed by atoms with E-state index in [4.69, 9.17) is 4.74 Å². The molecule has 20 heavy (non-hydrogen) atoms. The van der Waals surface area contributed by atoms with Gasteiger partial charge in [0, 0.05) is 5.41 Å². The van der Waals surface area contributed by atoms with E-state index in [9.17, 15) is 18.3 Å². The number of nitrogens with zero attached hydrogens (tertiary/aromatic N) is 1. The quantitative estimate of drug-likeness (QED) is 0.815. The van der Waals surface area contributed by atoms with Crippen LogP contribution in [0.2, 0.25) is 0 Å². The van der Waals surface area contributed by atoms with Gasteiger partial charge in [-0.05, 0) is 12.5 Å². The average molecular weight is 291 g/mol. The maximum Gasteiger partial charge on any atom is 0.418 e. The Bertz CT molecular complexity index is 445. The van der Waals surface area contributed by atoms with Crippen molar-refractivity contribution in [1.82, 2.24) is 4.98 Å². The second-order valence-electron chi connectivity index (χ2n) is 5.31. The number of hydrogen-bond acceptors (Lipinski definition) is 3. The normalized spacial score (nSPS) is 12.6. The van der Waals surface area contributed by atoms with E-state index in [1.807, 2.05) is 6.92 Å². The fourth-order valence-corrected chi connectivity index (χ4v) is 1.69.